The number of ether oxygens (including phenoxy) is 1. The molecule has 1 aromatic carbocycles. The number of hydrogen-bond acceptors (Lipinski definition) is 4. The molecular formula is C14H20N2OS. The lowest BCUT2D eigenvalue weighted by Crippen LogP contribution is -2.54. The van der Waals surface area contributed by atoms with Gasteiger partial charge in [0, 0.05) is 22.9 Å². The second-order valence-electron chi connectivity index (χ2n) is 5.36. The summed E-state index contributed by atoms with van der Waals surface area (Å²) in [5.41, 5.74) is 14.9. The summed E-state index contributed by atoms with van der Waals surface area (Å²) in [7, 11) is 0. The zero-order valence-electron chi connectivity index (χ0n) is 10.5. The molecule has 0 saturated carbocycles. The molecule has 0 spiro atoms. The molecule has 1 saturated heterocycles. The van der Waals surface area contributed by atoms with E-state index in [1.807, 2.05) is 11.8 Å². The van der Waals surface area contributed by atoms with Crippen LogP contribution in [0.1, 0.15) is 23.6 Å². The summed E-state index contributed by atoms with van der Waals surface area (Å²) in [6.45, 7) is 1.98. The second-order valence-corrected chi connectivity index (χ2v) is 6.49. The lowest BCUT2D eigenvalue weighted by atomic mass is 9.75. The van der Waals surface area contributed by atoms with Gasteiger partial charge in [-0.3, -0.25) is 0 Å². The van der Waals surface area contributed by atoms with Gasteiger partial charge in [0.25, 0.3) is 0 Å². The van der Waals surface area contributed by atoms with Crippen LogP contribution in [0.25, 0.3) is 0 Å². The Hall–Kier alpha value is -0.550. The molecular weight excluding hydrogens is 244 g/mol. The molecule has 3 nitrogen and oxygen atoms in total. The van der Waals surface area contributed by atoms with Gasteiger partial charge in [-0.25, -0.2) is 0 Å². The molecule has 98 valence electrons. The third kappa shape index (κ3) is 1.97. The number of benzene rings is 1. The molecule has 2 aliphatic rings. The van der Waals surface area contributed by atoms with Crippen LogP contribution < -0.4 is 11.5 Å². The Bertz CT molecular complexity index is 440. The van der Waals surface area contributed by atoms with Crippen LogP contribution in [0.4, 0.5) is 0 Å². The molecule has 3 rings (SSSR count). The molecule has 0 bridgehead atoms. The molecule has 0 aromatic heterocycles. The minimum atomic E-state index is -0.0456. The minimum Gasteiger partial charge on any atom is -0.380 e. The van der Waals surface area contributed by atoms with Crippen LogP contribution >= 0.6 is 11.8 Å². The molecule has 2 heterocycles. The van der Waals surface area contributed by atoms with Crippen molar-refractivity contribution in [1.29, 1.82) is 0 Å². The van der Waals surface area contributed by atoms with Crippen molar-refractivity contribution in [2.24, 2.45) is 16.9 Å². The Kier molecular flexibility index (Phi) is 3.36. The number of aryl methyl sites for hydroxylation is 1. The van der Waals surface area contributed by atoms with Gasteiger partial charge in [0.15, 0.2) is 0 Å². The van der Waals surface area contributed by atoms with Gasteiger partial charge < -0.3 is 16.2 Å². The van der Waals surface area contributed by atoms with Crippen molar-refractivity contribution in [3.63, 3.8) is 0 Å². The smallest absolute Gasteiger partial charge is 0.0575 e. The van der Waals surface area contributed by atoms with Gasteiger partial charge in [-0.2, -0.15) is 0 Å². The molecule has 0 radical (unpaired) electrons. The van der Waals surface area contributed by atoms with Gasteiger partial charge in [0.05, 0.1) is 13.2 Å². The van der Waals surface area contributed by atoms with E-state index in [0.717, 1.165) is 0 Å². The van der Waals surface area contributed by atoms with Crippen LogP contribution in [0.15, 0.2) is 23.1 Å². The van der Waals surface area contributed by atoms with E-state index in [-0.39, 0.29) is 11.5 Å². The quantitative estimate of drug-likeness (QED) is 0.872. The standard InChI is InChI=1S/C14H20N2OS/c15-7-14(8-17-9-14)13(16)11-3-4-12-10(6-11)2-1-5-18-12/h3-4,6,13H,1-2,5,7-9,15-16H2. The van der Waals surface area contributed by atoms with Crippen LogP contribution in [0, 0.1) is 5.41 Å². The van der Waals surface area contributed by atoms with E-state index in [1.165, 1.54) is 34.6 Å². The summed E-state index contributed by atoms with van der Waals surface area (Å²) < 4.78 is 5.32. The SMILES string of the molecule is NCC1(C(N)c2ccc3c(c2)CCCS3)COC1. The van der Waals surface area contributed by atoms with E-state index in [4.69, 9.17) is 16.2 Å². The van der Waals surface area contributed by atoms with E-state index in [0.29, 0.717) is 19.8 Å². The third-order valence-corrected chi connectivity index (χ3v) is 5.34. The number of thioether (sulfide) groups is 1. The maximum atomic E-state index is 6.41. The van der Waals surface area contributed by atoms with Gasteiger partial charge >= 0.3 is 0 Å². The summed E-state index contributed by atoms with van der Waals surface area (Å²) in [5, 5.41) is 0. The van der Waals surface area contributed by atoms with Crippen molar-refractivity contribution >= 4 is 11.8 Å². The zero-order chi connectivity index (χ0) is 12.6. The van der Waals surface area contributed by atoms with Crippen LogP contribution in [-0.4, -0.2) is 25.5 Å². The molecule has 1 atom stereocenters. The number of rotatable bonds is 3. The Morgan fingerprint density at radius 3 is 2.89 bits per heavy atom. The van der Waals surface area contributed by atoms with E-state index in [1.54, 1.807) is 0 Å². The highest BCUT2D eigenvalue weighted by Crippen LogP contribution is 2.40. The van der Waals surface area contributed by atoms with Crippen molar-refractivity contribution < 1.29 is 4.74 Å². The molecule has 4 N–H and O–H groups in total. The first-order chi connectivity index (χ1) is 8.75. The van der Waals surface area contributed by atoms with Crippen LogP contribution in [0.5, 0.6) is 0 Å². The number of nitrogens with two attached hydrogens (primary N) is 2. The van der Waals surface area contributed by atoms with Gasteiger partial charge in [-0.15, -0.1) is 11.8 Å². The number of hydrogen-bond donors (Lipinski definition) is 2. The Morgan fingerprint density at radius 1 is 1.39 bits per heavy atom. The highest BCUT2D eigenvalue weighted by Gasteiger charge is 2.43. The number of fused-ring (bicyclic) bond motifs is 1. The minimum absolute atomic E-state index is 0.00604. The average Bonchev–Trinajstić information content (AvgIpc) is 2.37. The molecule has 18 heavy (non-hydrogen) atoms. The molecule has 0 aliphatic carbocycles. The summed E-state index contributed by atoms with van der Waals surface area (Å²) in [4.78, 5) is 1.42. The van der Waals surface area contributed by atoms with Crippen molar-refractivity contribution in [3.8, 4) is 0 Å². The Morgan fingerprint density at radius 2 is 2.22 bits per heavy atom. The zero-order valence-corrected chi connectivity index (χ0v) is 11.3. The Balaban J connectivity index is 1.87. The predicted molar refractivity (Wildman–Crippen MR) is 74.7 cm³/mol. The molecule has 2 aliphatic heterocycles. The molecule has 0 amide bonds. The van der Waals surface area contributed by atoms with E-state index in [2.05, 4.69) is 18.2 Å². The summed E-state index contributed by atoms with van der Waals surface area (Å²) in [6, 6.07) is 6.66. The monoisotopic (exact) mass is 264 g/mol. The Labute approximate surface area is 112 Å². The molecule has 1 unspecified atom stereocenters. The average molecular weight is 264 g/mol. The summed E-state index contributed by atoms with van der Waals surface area (Å²) in [5.74, 6) is 1.24. The van der Waals surface area contributed by atoms with Gasteiger partial charge in [0.1, 0.15) is 0 Å². The largest absolute Gasteiger partial charge is 0.380 e. The third-order valence-electron chi connectivity index (χ3n) is 4.14. The maximum absolute atomic E-state index is 6.41. The second kappa shape index (κ2) is 4.85. The van der Waals surface area contributed by atoms with Gasteiger partial charge in [-0.05, 0) is 35.8 Å². The first-order valence-electron chi connectivity index (χ1n) is 6.54. The van der Waals surface area contributed by atoms with E-state index < -0.39 is 0 Å². The van der Waals surface area contributed by atoms with Crippen LogP contribution in [0.3, 0.4) is 0 Å². The van der Waals surface area contributed by atoms with Gasteiger partial charge in [-0.1, -0.05) is 12.1 Å². The lowest BCUT2D eigenvalue weighted by Gasteiger charge is -2.45. The summed E-state index contributed by atoms with van der Waals surface area (Å²) >= 11 is 1.95. The van der Waals surface area contributed by atoms with Crippen molar-refractivity contribution in [2.45, 2.75) is 23.8 Å². The van der Waals surface area contributed by atoms with Crippen LogP contribution in [0.2, 0.25) is 0 Å². The van der Waals surface area contributed by atoms with Crippen molar-refractivity contribution in [2.75, 3.05) is 25.5 Å². The fourth-order valence-electron chi connectivity index (χ4n) is 2.72. The highest BCUT2D eigenvalue weighted by atomic mass is 32.2. The van der Waals surface area contributed by atoms with Crippen molar-refractivity contribution in [3.05, 3.63) is 29.3 Å². The van der Waals surface area contributed by atoms with Crippen molar-refractivity contribution in [1.82, 2.24) is 0 Å². The summed E-state index contributed by atoms with van der Waals surface area (Å²) in [6.07, 6.45) is 2.44. The lowest BCUT2D eigenvalue weighted by molar-refractivity contribution is -0.121. The van der Waals surface area contributed by atoms with Gasteiger partial charge in [0.2, 0.25) is 0 Å². The topological polar surface area (TPSA) is 61.3 Å². The molecule has 1 fully saturated rings. The van der Waals surface area contributed by atoms with E-state index >= 15 is 0 Å². The predicted octanol–water partition coefficient (Wildman–Crippen LogP) is 1.70. The fraction of sp³-hybridized carbons (Fsp3) is 0.571. The molecule has 1 aromatic rings. The highest BCUT2D eigenvalue weighted by molar-refractivity contribution is 7.99. The van der Waals surface area contributed by atoms with E-state index in [9.17, 15) is 0 Å². The maximum Gasteiger partial charge on any atom is 0.0575 e. The normalized spacial score (nSPS) is 23.0. The first kappa shape index (κ1) is 12.5. The molecule has 4 heteroatoms. The fourth-order valence-corrected chi connectivity index (χ4v) is 3.74. The van der Waals surface area contributed by atoms with Crippen LogP contribution in [-0.2, 0) is 11.2 Å². The first-order valence-corrected chi connectivity index (χ1v) is 7.53.